The predicted molar refractivity (Wildman–Crippen MR) is 79.2 cm³/mol. The molecule has 3 rings (SSSR count). The van der Waals surface area contributed by atoms with Crippen LogP contribution in [0.4, 0.5) is 5.95 Å². The fourth-order valence-corrected chi connectivity index (χ4v) is 2.58. The molecule has 0 aliphatic heterocycles. The first kappa shape index (κ1) is 12.7. The van der Waals surface area contributed by atoms with Crippen molar-refractivity contribution in [1.82, 2.24) is 4.57 Å². The largest absolute Gasteiger partial charge is 0.393 e. The average Bonchev–Trinajstić information content (AvgIpc) is 2.75. The van der Waals surface area contributed by atoms with Gasteiger partial charge in [-0.1, -0.05) is 42.5 Å². The van der Waals surface area contributed by atoms with Gasteiger partial charge in [-0.3, -0.25) is 5.73 Å². The van der Waals surface area contributed by atoms with E-state index in [9.17, 15) is 5.11 Å². The van der Waals surface area contributed by atoms with Gasteiger partial charge in [-0.15, -0.1) is 0 Å². The summed E-state index contributed by atoms with van der Waals surface area (Å²) in [5, 5.41) is 9.22. The van der Waals surface area contributed by atoms with Crippen molar-refractivity contribution >= 4 is 17.0 Å². The highest BCUT2D eigenvalue weighted by atomic mass is 16.3. The van der Waals surface area contributed by atoms with Gasteiger partial charge in [0, 0.05) is 0 Å². The summed E-state index contributed by atoms with van der Waals surface area (Å²) in [6, 6.07) is 18.3. The molecule has 3 aromatic rings. The highest BCUT2D eigenvalue weighted by Crippen LogP contribution is 2.16. The summed E-state index contributed by atoms with van der Waals surface area (Å²) in [7, 11) is 0. The highest BCUT2D eigenvalue weighted by molar-refractivity contribution is 5.73. The van der Waals surface area contributed by atoms with E-state index in [0.717, 1.165) is 17.6 Å². The fourth-order valence-electron chi connectivity index (χ4n) is 2.58. The molecule has 0 unspecified atom stereocenters. The fraction of sp³-hybridized carbons (Fsp3) is 0.188. The summed E-state index contributed by atoms with van der Waals surface area (Å²) < 4.78 is 4.04. The molecule has 0 saturated carbocycles. The van der Waals surface area contributed by atoms with E-state index in [1.54, 1.807) is 0 Å². The lowest BCUT2D eigenvalue weighted by Crippen LogP contribution is -2.37. The van der Waals surface area contributed by atoms with E-state index in [2.05, 4.69) is 22.8 Å². The molecule has 1 heterocycles. The first-order valence-electron chi connectivity index (χ1n) is 6.72. The lowest BCUT2D eigenvalue weighted by atomic mass is 10.2. The zero-order chi connectivity index (χ0) is 13.9. The third kappa shape index (κ3) is 2.14. The number of rotatable bonds is 4. The average molecular weight is 268 g/mol. The Bertz CT molecular complexity index is 719. The molecule has 3 N–H and O–H groups in total. The number of nitrogens with two attached hydrogens (primary N) is 1. The molecule has 0 bridgehead atoms. The Balaban J connectivity index is 2.12. The number of nitrogen functional groups attached to an aromatic ring is 1. The Kier molecular flexibility index (Phi) is 3.39. The lowest BCUT2D eigenvalue weighted by molar-refractivity contribution is -0.648. The second kappa shape index (κ2) is 5.35. The molecule has 0 atom stereocenters. The maximum absolute atomic E-state index is 9.22. The van der Waals surface area contributed by atoms with E-state index in [1.165, 1.54) is 5.56 Å². The molecule has 2 aromatic carbocycles. The molecule has 0 amide bonds. The van der Waals surface area contributed by atoms with E-state index in [4.69, 9.17) is 5.73 Å². The topological polar surface area (TPSA) is 55.1 Å². The second-order valence-electron chi connectivity index (χ2n) is 4.79. The summed E-state index contributed by atoms with van der Waals surface area (Å²) in [6.45, 7) is 1.31. The van der Waals surface area contributed by atoms with Gasteiger partial charge >= 0.3 is 5.95 Å². The molecule has 1 aromatic heterocycles. The molecule has 20 heavy (non-hydrogen) atoms. The molecule has 0 aliphatic rings. The number of aromatic nitrogens is 2. The minimum absolute atomic E-state index is 0.0776. The number of para-hydroxylation sites is 2. The highest BCUT2D eigenvalue weighted by Gasteiger charge is 2.20. The van der Waals surface area contributed by atoms with Crippen LogP contribution >= 0.6 is 0 Å². The quantitative estimate of drug-likeness (QED) is 0.705. The Morgan fingerprint density at radius 3 is 2.45 bits per heavy atom. The monoisotopic (exact) mass is 268 g/mol. The van der Waals surface area contributed by atoms with Gasteiger partial charge in [-0.25, -0.2) is 9.13 Å². The first-order chi connectivity index (χ1) is 9.81. The van der Waals surface area contributed by atoms with Crippen LogP contribution in [-0.4, -0.2) is 16.3 Å². The van der Waals surface area contributed by atoms with Gasteiger partial charge in [0.1, 0.15) is 11.0 Å². The Morgan fingerprint density at radius 2 is 1.70 bits per heavy atom. The van der Waals surface area contributed by atoms with Crippen molar-refractivity contribution in [3.63, 3.8) is 0 Å². The van der Waals surface area contributed by atoms with Gasteiger partial charge in [-0.05, 0) is 17.7 Å². The molecule has 0 fully saturated rings. The normalized spacial score (nSPS) is 11.1. The Labute approximate surface area is 117 Å². The predicted octanol–water partition coefficient (Wildman–Crippen LogP) is 1.55. The Morgan fingerprint density at radius 1 is 1.00 bits per heavy atom. The maximum atomic E-state index is 9.22. The van der Waals surface area contributed by atoms with Gasteiger partial charge in [-0.2, -0.15) is 0 Å². The van der Waals surface area contributed by atoms with Crippen LogP contribution in [0.1, 0.15) is 5.56 Å². The molecule has 0 spiro atoms. The minimum atomic E-state index is 0.0776. The zero-order valence-corrected chi connectivity index (χ0v) is 11.2. The molecule has 0 radical (unpaired) electrons. The smallest absolute Gasteiger partial charge is 0.356 e. The molecule has 4 nitrogen and oxygen atoms in total. The number of hydrogen-bond acceptors (Lipinski definition) is 2. The summed E-state index contributed by atoms with van der Waals surface area (Å²) in [6.07, 6.45) is 0. The van der Waals surface area contributed by atoms with Crippen molar-refractivity contribution in [1.29, 1.82) is 0 Å². The van der Waals surface area contributed by atoms with E-state index in [0.29, 0.717) is 12.5 Å². The van der Waals surface area contributed by atoms with Gasteiger partial charge in [0.05, 0.1) is 19.7 Å². The van der Waals surface area contributed by atoms with Crippen LogP contribution in [0.5, 0.6) is 0 Å². The molecular formula is C16H18N3O+. The molecule has 102 valence electrons. The summed E-state index contributed by atoms with van der Waals surface area (Å²) in [4.78, 5) is 0. The van der Waals surface area contributed by atoms with Crippen molar-refractivity contribution < 1.29 is 9.67 Å². The van der Waals surface area contributed by atoms with Crippen LogP contribution in [0.15, 0.2) is 54.6 Å². The number of anilines is 1. The SMILES string of the molecule is Nc1n(CCO)c2ccccc2[n+]1Cc1ccccc1. The van der Waals surface area contributed by atoms with Crippen molar-refractivity contribution in [2.24, 2.45) is 0 Å². The van der Waals surface area contributed by atoms with E-state index < -0.39 is 0 Å². The van der Waals surface area contributed by atoms with Crippen LogP contribution in [0.25, 0.3) is 11.0 Å². The third-order valence-corrected chi connectivity index (χ3v) is 3.52. The van der Waals surface area contributed by atoms with E-state index in [-0.39, 0.29) is 6.61 Å². The first-order valence-corrected chi connectivity index (χ1v) is 6.72. The molecule has 4 heteroatoms. The Hall–Kier alpha value is -2.33. The van der Waals surface area contributed by atoms with Crippen LogP contribution in [0.2, 0.25) is 0 Å². The second-order valence-corrected chi connectivity index (χ2v) is 4.79. The number of imidazole rings is 1. The van der Waals surface area contributed by atoms with Gasteiger partial charge in [0.15, 0.2) is 0 Å². The van der Waals surface area contributed by atoms with Crippen LogP contribution in [0.3, 0.4) is 0 Å². The van der Waals surface area contributed by atoms with Crippen LogP contribution < -0.4 is 10.3 Å². The zero-order valence-electron chi connectivity index (χ0n) is 11.2. The van der Waals surface area contributed by atoms with Crippen LogP contribution in [0, 0.1) is 0 Å². The summed E-state index contributed by atoms with van der Waals surface area (Å²) in [5.41, 5.74) is 9.61. The standard InChI is InChI=1S/C16H17N3O/c17-16-18(10-11-20)14-8-4-5-9-15(14)19(16)12-13-6-2-1-3-7-13/h1-9,17,20H,10-12H2/p+1. The minimum Gasteiger partial charge on any atom is -0.393 e. The number of nitrogens with zero attached hydrogens (tertiary/aromatic N) is 2. The lowest BCUT2D eigenvalue weighted by Gasteiger charge is -2.02. The summed E-state index contributed by atoms with van der Waals surface area (Å²) >= 11 is 0. The van der Waals surface area contributed by atoms with Crippen molar-refractivity contribution in [3.05, 3.63) is 60.2 Å². The number of aliphatic hydroxyl groups excluding tert-OH is 1. The number of benzene rings is 2. The van der Waals surface area contributed by atoms with E-state index >= 15 is 0 Å². The molecule has 0 aliphatic carbocycles. The van der Waals surface area contributed by atoms with Crippen molar-refractivity contribution in [3.8, 4) is 0 Å². The van der Waals surface area contributed by atoms with E-state index in [1.807, 2.05) is 41.0 Å². The number of hydrogen-bond donors (Lipinski definition) is 2. The summed E-state index contributed by atoms with van der Waals surface area (Å²) in [5.74, 6) is 0.670. The van der Waals surface area contributed by atoms with Gasteiger partial charge < -0.3 is 5.11 Å². The van der Waals surface area contributed by atoms with Gasteiger partial charge in [0.2, 0.25) is 0 Å². The molecule has 0 saturated heterocycles. The number of fused-ring (bicyclic) bond motifs is 1. The maximum Gasteiger partial charge on any atom is 0.356 e. The van der Waals surface area contributed by atoms with Crippen LogP contribution in [-0.2, 0) is 13.1 Å². The number of aliphatic hydroxyl groups is 1. The van der Waals surface area contributed by atoms with Crippen molar-refractivity contribution in [2.45, 2.75) is 13.1 Å². The third-order valence-electron chi connectivity index (χ3n) is 3.52. The van der Waals surface area contributed by atoms with Gasteiger partial charge in [0.25, 0.3) is 0 Å². The van der Waals surface area contributed by atoms with Crippen molar-refractivity contribution in [2.75, 3.05) is 12.3 Å². The molecular weight excluding hydrogens is 250 g/mol.